The van der Waals surface area contributed by atoms with Crippen LogP contribution in [0.2, 0.25) is 4.34 Å². The maximum Gasteiger partial charge on any atom is 0.272 e. The summed E-state index contributed by atoms with van der Waals surface area (Å²) in [5.41, 5.74) is 3.85. The molecule has 4 aromatic rings. The van der Waals surface area contributed by atoms with Crippen molar-refractivity contribution in [2.45, 2.75) is 44.0 Å². The van der Waals surface area contributed by atoms with Gasteiger partial charge in [-0.2, -0.15) is 5.10 Å². The van der Waals surface area contributed by atoms with Crippen LogP contribution in [0.1, 0.15) is 37.0 Å². The van der Waals surface area contributed by atoms with Gasteiger partial charge in [-0.05, 0) is 41.3 Å². The number of fused-ring (bicyclic) bond motifs is 1. The number of rotatable bonds is 9. The van der Waals surface area contributed by atoms with Crippen LogP contribution < -0.4 is 10.0 Å². The molecule has 10 heteroatoms. The van der Waals surface area contributed by atoms with Crippen molar-refractivity contribution in [3.63, 3.8) is 0 Å². The molecule has 0 spiro atoms. The summed E-state index contributed by atoms with van der Waals surface area (Å²) in [4.78, 5) is 11.3. The molecule has 34 heavy (non-hydrogen) atoms. The number of benzene rings is 2. The van der Waals surface area contributed by atoms with E-state index >= 15 is 0 Å². The van der Waals surface area contributed by atoms with Gasteiger partial charge in [0.25, 0.3) is 10.0 Å². The van der Waals surface area contributed by atoms with E-state index in [0.717, 1.165) is 51.8 Å². The number of nitrogens with one attached hydrogen (secondary N) is 2. The summed E-state index contributed by atoms with van der Waals surface area (Å²) in [6, 6.07) is 16.9. The van der Waals surface area contributed by atoms with Crippen LogP contribution >= 0.6 is 22.9 Å². The fourth-order valence-corrected chi connectivity index (χ4v) is 6.32. The second kappa shape index (κ2) is 10.2. The number of aryl methyl sites for hydroxylation is 1. The standard InChI is InChI=1S/C24H25ClN4O3S2/c1-3-6-19-9-5-10-20-23(19)24(28-34(31,32)22-12-11-21(25)33-22)27-29(20)15-18-8-4-7-17(13-18)14-26-16(2)30/h4-5,7-13H,3,6,14-15H2,1-2H3,(H,26,30)(H,27,28). The van der Waals surface area contributed by atoms with E-state index in [1.54, 1.807) is 6.07 Å². The molecule has 0 bridgehead atoms. The molecule has 0 unspecified atom stereocenters. The minimum atomic E-state index is -3.83. The zero-order valence-electron chi connectivity index (χ0n) is 18.8. The molecule has 4 rings (SSSR count). The SMILES string of the molecule is CCCc1cccc2c1c(NS(=O)(=O)c1ccc(Cl)s1)nn2Cc1cccc(CNC(C)=O)c1. The minimum absolute atomic E-state index is 0.0871. The topological polar surface area (TPSA) is 93.1 Å². The summed E-state index contributed by atoms with van der Waals surface area (Å²) in [5.74, 6) is 0.217. The highest BCUT2D eigenvalue weighted by Gasteiger charge is 2.22. The molecule has 0 atom stereocenters. The van der Waals surface area contributed by atoms with Gasteiger partial charge in [-0.3, -0.25) is 14.2 Å². The molecule has 2 heterocycles. The number of nitrogens with zero attached hydrogens (tertiary/aromatic N) is 2. The minimum Gasteiger partial charge on any atom is -0.352 e. The van der Waals surface area contributed by atoms with E-state index in [2.05, 4.69) is 22.1 Å². The summed E-state index contributed by atoms with van der Waals surface area (Å²) in [5, 5.41) is 8.28. The van der Waals surface area contributed by atoms with Gasteiger partial charge in [-0.1, -0.05) is 61.3 Å². The average molecular weight is 517 g/mol. The number of hydrogen-bond acceptors (Lipinski definition) is 5. The van der Waals surface area contributed by atoms with Gasteiger partial charge < -0.3 is 5.32 Å². The molecule has 178 valence electrons. The van der Waals surface area contributed by atoms with E-state index in [-0.39, 0.29) is 10.1 Å². The van der Waals surface area contributed by atoms with Crippen molar-refractivity contribution >= 4 is 55.6 Å². The van der Waals surface area contributed by atoms with Crippen molar-refractivity contribution in [1.82, 2.24) is 15.1 Å². The average Bonchev–Trinajstić information content (AvgIpc) is 3.38. The summed E-state index contributed by atoms with van der Waals surface area (Å²) in [6.45, 7) is 4.46. The number of carbonyl (C=O) groups excluding carboxylic acids is 1. The Morgan fingerprint density at radius 3 is 2.59 bits per heavy atom. The highest BCUT2D eigenvalue weighted by Crippen LogP contribution is 2.32. The van der Waals surface area contributed by atoms with E-state index in [4.69, 9.17) is 11.6 Å². The van der Waals surface area contributed by atoms with Crippen LogP contribution in [0.15, 0.2) is 58.8 Å². The third kappa shape index (κ3) is 5.43. The lowest BCUT2D eigenvalue weighted by molar-refractivity contribution is -0.119. The number of thiophene rings is 1. The van der Waals surface area contributed by atoms with Gasteiger partial charge in [0.15, 0.2) is 5.82 Å². The van der Waals surface area contributed by atoms with Gasteiger partial charge in [0, 0.05) is 18.9 Å². The lowest BCUT2D eigenvalue weighted by Crippen LogP contribution is -2.19. The Hall–Kier alpha value is -2.88. The van der Waals surface area contributed by atoms with Crippen LogP contribution in [-0.4, -0.2) is 24.1 Å². The fraction of sp³-hybridized carbons (Fsp3) is 0.250. The van der Waals surface area contributed by atoms with Crippen molar-refractivity contribution in [1.29, 1.82) is 0 Å². The second-order valence-electron chi connectivity index (χ2n) is 7.96. The quantitative estimate of drug-likeness (QED) is 0.320. The van der Waals surface area contributed by atoms with Crippen molar-refractivity contribution in [2.75, 3.05) is 4.72 Å². The lowest BCUT2D eigenvalue weighted by Gasteiger charge is -2.08. The predicted molar refractivity (Wildman–Crippen MR) is 137 cm³/mol. The molecule has 2 N–H and O–H groups in total. The molecule has 0 radical (unpaired) electrons. The molecule has 0 fully saturated rings. The molecule has 0 aliphatic rings. The van der Waals surface area contributed by atoms with Gasteiger partial charge in [-0.25, -0.2) is 8.42 Å². The number of halogens is 1. The fourth-order valence-electron chi connectivity index (χ4n) is 3.83. The van der Waals surface area contributed by atoms with Crippen LogP contribution in [0.4, 0.5) is 5.82 Å². The van der Waals surface area contributed by atoms with E-state index in [0.29, 0.717) is 23.2 Å². The lowest BCUT2D eigenvalue weighted by atomic mass is 10.1. The number of anilines is 1. The zero-order valence-corrected chi connectivity index (χ0v) is 21.2. The monoisotopic (exact) mass is 516 g/mol. The Morgan fingerprint density at radius 1 is 1.12 bits per heavy atom. The van der Waals surface area contributed by atoms with Crippen molar-refractivity contribution < 1.29 is 13.2 Å². The summed E-state index contributed by atoms with van der Waals surface area (Å²) in [7, 11) is -3.83. The third-order valence-electron chi connectivity index (χ3n) is 5.29. The smallest absolute Gasteiger partial charge is 0.272 e. The van der Waals surface area contributed by atoms with Gasteiger partial charge >= 0.3 is 0 Å². The first kappa shape index (κ1) is 24.3. The maximum absolute atomic E-state index is 13.0. The molecular formula is C24H25ClN4O3S2. The zero-order chi connectivity index (χ0) is 24.3. The molecular weight excluding hydrogens is 492 g/mol. The normalized spacial score (nSPS) is 11.6. The molecule has 0 saturated carbocycles. The Balaban J connectivity index is 1.73. The first-order valence-electron chi connectivity index (χ1n) is 10.9. The van der Waals surface area contributed by atoms with Crippen LogP contribution in [0.5, 0.6) is 0 Å². The van der Waals surface area contributed by atoms with Gasteiger partial charge in [-0.15, -0.1) is 11.3 Å². The van der Waals surface area contributed by atoms with E-state index in [1.807, 2.05) is 47.1 Å². The van der Waals surface area contributed by atoms with Crippen LogP contribution in [0.3, 0.4) is 0 Å². The van der Waals surface area contributed by atoms with Gasteiger partial charge in [0.2, 0.25) is 5.91 Å². The van der Waals surface area contributed by atoms with E-state index < -0.39 is 10.0 Å². The second-order valence-corrected chi connectivity index (χ2v) is 11.6. The number of sulfonamides is 1. The predicted octanol–water partition coefficient (Wildman–Crippen LogP) is 5.19. The van der Waals surface area contributed by atoms with Crippen molar-refractivity contribution in [3.8, 4) is 0 Å². The molecule has 0 saturated heterocycles. The molecule has 2 aromatic heterocycles. The highest BCUT2D eigenvalue weighted by atomic mass is 35.5. The van der Waals surface area contributed by atoms with Gasteiger partial charge in [0.05, 0.1) is 16.4 Å². The number of carbonyl (C=O) groups is 1. The Bertz CT molecular complexity index is 1440. The van der Waals surface area contributed by atoms with Crippen molar-refractivity contribution in [2.24, 2.45) is 0 Å². The van der Waals surface area contributed by atoms with Crippen molar-refractivity contribution in [3.05, 3.63) is 75.6 Å². The van der Waals surface area contributed by atoms with Gasteiger partial charge in [0.1, 0.15) is 4.21 Å². The molecule has 0 aliphatic heterocycles. The highest BCUT2D eigenvalue weighted by molar-refractivity contribution is 7.94. The van der Waals surface area contributed by atoms with Crippen LogP contribution in [0, 0.1) is 0 Å². The summed E-state index contributed by atoms with van der Waals surface area (Å²) < 4.78 is 31.1. The number of aromatic nitrogens is 2. The summed E-state index contributed by atoms with van der Waals surface area (Å²) >= 11 is 6.96. The Kier molecular flexibility index (Phi) is 7.25. The number of amides is 1. The largest absolute Gasteiger partial charge is 0.352 e. The Labute approximate surface area is 207 Å². The maximum atomic E-state index is 13.0. The van der Waals surface area contributed by atoms with E-state index in [1.165, 1.54) is 13.0 Å². The molecule has 0 aliphatic carbocycles. The molecule has 7 nitrogen and oxygen atoms in total. The molecule has 1 amide bonds. The van der Waals surface area contributed by atoms with Crippen LogP contribution in [-0.2, 0) is 34.3 Å². The third-order valence-corrected chi connectivity index (χ3v) is 8.36. The first-order valence-corrected chi connectivity index (χ1v) is 13.5. The first-order chi connectivity index (χ1) is 16.3. The number of hydrogen-bond donors (Lipinski definition) is 2. The Morgan fingerprint density at radius 2 is 1.88 bits per heavy atom. The summed E-state index contributed by atoms with van der Waals surface area (Å²) in [6.07, 6.45) is 1.72. The molecule has 2 aromatic carbocycles. The van der Waals surface area contributed by atoms with E-state index in [9.17, 15) is 13.2 Å². The van der Waals surface area contributed by atoms with Crippen LogP contribution in [0.25, 0.3) is 10.9 Å².